The van der Waals surface area contributed by atoms with Gasteiger partial charge in [0.1, 0.15) is 11.6 Å². The molecule has 2 aromatic rings. The number of fused-ring (bicyclic) bond motifs is 1. The largest absolute Gasteiger partial charge is 0.573 e. The highest BCUT2D eigenvalue weighted by molar-refractivity contribution is 9.14. The fraction of sp³-hybridized carbons (Fsp3) is 0.188. The highest BCUT2D eigenvalue weighted by Crippen LogP contribution is 2.24. The lowest BCUT2D eigenvalue weighted by atomic mass is 10.1. The van der Waals surface area contributed by atoms with Crippen molar-refractivity contribution in [2.45, 2.75) is 19.2 Å². The average molecular weight is 385 g/mol. The quantitative estimate of drug-likeness (QED) is 0.873. The van der Waals surface area contributed by atoms with Gasteiger partial charge in [0.2, 0.25) is 0 Å². The normalized spacial score (nSPS) is 14.0. The van der Waals surface area contributed by atoms with Gasteiger partial charge in [-0.1, -0.05) is 22.0 Å². The Bertz CT molecular complexity index is 832. The molecule has 0 saturated carbocycles. The van der Waals surface area contributed by atoms with Crippen molar-refractivity contribution in [1.29, 1.82) is 0 Å². The zero-order valence-corrected chi connectivity index (χ0v) is 13.4. The summed E-state index contributed by atoms with van der Waals surface area (Å²) in [6, 6.07) is 9.32. The molecule has 1 aliphatic rings. The molecule has 1 aromatic carbocycles. The van der Waals surface area contributed by atoms with Crippen LogP contribution in [0.5, 0.6) is 5.75 Å². The Morgan fingerprint density at radius 2 is 1.83 bits per heavy atom. The molecule has 0 radical (unpaired) electrons. The second-order valence-corrected chi connectivity index (χ2v) is 5.94. The van der Waals surface area contributed by atoms with Crippen LogP contribution >= 0.6 is 15.9 Å². The Kier molecular flexibility index (Phi) is 4.30. The fourth-order valence-corrected chi connectivity index (χ4v) is 2.83. The van der Waals surface area contributed by atoms with Gasteiger partial charge < -0.3 is 10.1 Å². The SMILES string of the molecule is FC(F)(F)Oc1ccc(Nc2ccc3c(n2)=C(Br)CCC=3)cc1. The predicted octanol–water partition coefficient (Wildman–Crippen LogP) is 3.80. The van der Waals surface area contributed by atoms with E-state index in [0.717, 1.165) is 27.9 Å². The van der Waals surface area contributed by atoms with Crippen LogP contribution in [0.1, 0.15) is 12.8 Å². The van der Waals surface area contributed by atoms with Gasteiger partial charge in [-0.05, 0) is 54.5 Å². The summed E-state index contributed by atoms with van der Waals surface area (Å²) < 4.78 is 41.3. The molecule has 0 unspecified atom stereocenters. The van der Waals surface area contributed by atoms with E-state index in [1.54, 1.807) is 0 Å². The predicted molar refractivity (Wildman–Crippen MR) is 85.9 cm³/mol. The van der Waals surface area contributed by atoms with E-state index < -0.39 is 6.36 Å². The molecule has 7 heteroatoms. The summed E-state index contributed by atoms with van der Waals surface area (Å²) in [7, 11) is 0. The van der Waals surface area contributed by atoms with Gasteiger partial charge >= 0.3 is 6.36 Å². The lowest BCUT2D eigenvalue weighted by Crippen LogP contribution is -2.31. The molecule has 0 aliphatic heterocycles. The standard InChI is InChI=1S/C16H12BrF3N2O/c17-13-3-1-2-10-4-9-14(22-15(10)13)21-11-5-7-12(8-6-11)23-16(18,19)20/h2,4-9H,1,3H2,(H,21,22). The van der Waals surface area contributed by atoms with Crippen LogP contribution < -0.4 is 20.6 Å². The minimum absolute atomic E-state index is 0.257. The van der Waals surface area contributed by atoms with Gasteiger partial charge in [-0.25, -0.2) is 4.98 Å². The van der Waals surface area contributed by atoms with E-state index in [0.29, 0.717) is 11.5 Å². The van der Waals surface area contributed by atoms with Crippen molar-refractivity contribution >= 4 is 38.0 Å². The molecule has 0 atom stereocenters. The van der Waals surface area contributed by atoms with E-state index in [1.807, 2.05) is 12.1 Å². The number of aromatic nitrogens is 1. The maximum atomic E-state index is 12.1. The first-order chi connectivity index (χ1) is 10.9. The van der Waals surface area contributed by atoms with Gasteiger partial charge in [0.05, 0.1) is 5.35 Å². The number of nitrogens with zero attached hydrogens (tertiary/aromatic N) is 1. The van der Waals surface area contributed by atoms with Crippen molar-refractivity contribution in [3.8, 4) is 5.75 Å². The van der Waals surface area contributed by atoms with Crippen molar-refractivity contribution in [2.75, 3.05) is 5.32 Å². The number of hydrogen-bond donors (Lipinski definition) is 1. The third kappa shape index (κ3) is 4.04. The Hall–Kier alpha value is -2.02. The summed E-state index contributed by atoms with van der Waals surface area (Å²) in [5.74, 6) is 0.368. The molecule has 3 nitrogen and oxygen atoms in total. The first-order valence-electron chi connectivity index (χ1n) is 6.89. The fourth-order valence-electron chi connectivity index (χ4n) is 2.28. The van der Waals surface area contributed by atoms with Crippen LogP contribution in [0.15, 0.2) is 36.4 Å². The smallest absolute Gasteiger partial charge is 0.406 e. The summed E-state index contributed by atoms with van der Waals surface area (Å²) in [5, 5.41) is 5.03. The van der Waals surface area contributed by atoms with Crippen LogP contribution in [0.25, 0.3) is 10.6 Å². The van der Waals surface area contributed by atoms with Crippen LogP contribution in [0.3, 0.4) is 0 Å². The van der Waals surface area contributed by atoms with E-state index >= 15 is 0 Å². The van der Waals surface area contributed by atoms with Crippen molar-refractivity contribution in [3.05, 3.63) is 47.0 Å². The number of ether oxygens (including phenoxy) is 1. The lowest BCUT2D eigenvalue weighted by molar-refractivity contribution is -0.274. The van der Waals surface area contributed by atoms with Crippen LogP contribution in [-0.4, -0.2) is 11.3 Å². The van der Waals surface area contributed by atoms with Crippen molar-refractivity contribution in [2.24, 2.45) is 0 Å². The first-order valence-corrected chi connectivity index (χ1v) is 7.69. The summed E-state index contributed by atoms with van der Waals surface area (Å²) in [4.78, 5) is 4.53. The summed E-state index contributed by atoms with van der Waals surface area (Å²) in [5.41, 5.74) is 0.628. The zero-order valence-electron chi connectivity index (χ0n) is 11.8. The van der Waals surface area contributed by atoms with Crippen molar-refractivity contribution in [1.82, 2.24) is 4.98 Å². The number of alkyl halides is 3. The van der Waals surface area contributed by atoms with E-state index in [2.05, 4.69) is 37.0 Å². The third-order valence-electron chi connectivity index (χ3n) is 3.27. The maximum absolute atomic E-state index is 12.1. The highest BCUT2D eigenvalue weighted by atomic mass is 79.9. The zero-order chi connectivity index (χ0) is 16.4. The van der Waals surface area contributed by atoms with E-state index in [1.165, 1.54) is 24.3 Å². The number of pyridine rings is 1. The number of anilines is 2. The molecule has 0 saturated heterocycles. The molecule has 1 aromatic heterocycles. The molecule has 0 fully saturated rings. The van der Waals surface area contributed by atoms with Gasteiger partial charge in [0.15, 0.2) is 0 Å². The van der Waals surface area contributed by atoms with Crippen molar-refractivity contribution in [3.63, 3.8) is 0 Å². The van der Waals surface area contributed by atoms with Gasteiger partial charge in [-0.15, -0.1) is 13.2 Å². The molecular weight excluding hydrogens is 373 g/mol. The Morgan fingerprint density at radius 1 is 1.09 bits per heavy atom. The van der Waals surface area contributed by atoms with Crippen molar-refractivity contribution < 1.29 is 17.9 Å². The average Bonchev–Trinajstić information content (AvgIpc) is 2.49. The molecule has 0 spiro atoms. The third-order valence-corrected chi connectivity index (χ3v) is 4.04. The topological polar surface area (TPSA) is 34.1 Å². The molecule has 1 N–H and O–H groups in total. The van der Waals surface area contributed by atoms with E-state index in [4.69, 9.17) is 0 Å². The van der Waals surface area contributed by atoms with Crippen LogP contribution in [-0.2, 0) is 0 Å². The molecule has 0 amide bonds. The molecule has 1 heterocycles. The maximum Gasteiger partial charge on any atom is 0.573 e. The van der Waals surface area contributed by atoms with Gasteiger partial charge in [-0.2, -0.15) is 0 Å². The lowest BCUT2D eigenvalue weighted by Gasteiger charge is -2.11. The molecule has 23 heavy (non-hydrogen) atoms. The summed E-state index contributed by atoms with van der Waals surface area (Å²) in [6.07, 6.45) is -0.677. The minimum atomic E-state index is -4.69. The molecular formula is C16H12BrF3N2O. The highest BCUT2D eigenvalue weighted by Gasteiger charge is 2.30. The number of benzene rings is 1. The summed E-state index contributed by atoms with van der Waals surface area (Å²) >= 11 is 3.53. The van der Waals surface area contributed by atoms with Crippen LogP contribution in [0.4, 0.5) is 24.7 Å². The van der Waals surface area contributed by atoms with Gasteiger partial charge in [0, 0.05) is 10.2 Å². The second-order valence-electron chi connectivity index (χ2n) is 4.98. The molecule has 3 rings (SSSR count). The molecule has 120 valence electrons. The minimum Gasteiger partial charge on any atom is -0.406 e. The number of nitrogens with one attached hydrogen (secondary N) is 1. The Morgan fingerprint density at radius 3 is 2.52 bits per heavy atom. The van der Waals surface area contributed by atoms with Gasteiger partial charge in [-0.3, -0.25) is 0 Å². The monoisotopic (exact) mass is 384 g/mol. The van der Waals surface area contributed by atoms with Crippen LogP contribution in [0.2, 0.25) is 0 Å². The molecule has 1 aliphatic carbocycles. The number of hydrogen-bond acceptors (Lipinski definition) is 3. The Labute approximate surface area is 138 Å². The number of halogens is 4. The van der Waals surface area contributed by atoms with E-state index in [-0.39, 0.29) is 5.75 Å². The van der Waals surface area contributed by atoms with E-state index in [9.17, 15) is 13.2 Å². The molecule has 0 bridgehead atoms. The first kappa shape index (κ1) is 15.9. The second kappa shape index (κ2) is 6.23. The van der Waals surface area contributed by atoms with Crippen LogP contribution in [0, 0.1) is 0 Å². The van der Waals surface area contributed by atoms with Gasteiger partial charge in [0.25, 0.3) is 0 Å². The summed E-state index contributed by atoms with van der Waals surface area (Å²) in [6.45, 7) is 0. The Balaban J connectivity index is 1.81. The number of rotatable bonds is 3.